The minimum absolute atomic E-state index is 0.426. The maximum Gasteiger partial charge on any atom is 0.249 e. The predicted octanol–water partition coefficient (Wildman–Crippen LogP) is 1.53. The largest absolute Gasteiger partial charge is 0.494 e. The molecule has 1 aromatic rings. The second-order valence-electron chi connectivity index (χ2n) is 4.77. The van der Waals surface area contributed by atoms with Gasteiger partial charge in [-0.25, -0.2) is 0 Å². The van der Waals surface area contributed by atoms with E-state index in [1.807, 2.05) is 0 Å². The third kappa shape index (κ3) is 5.19. The fourth-order valence-electron chi connectivity index (χ4n) is 1.82. The molecule has 0 heterocycles. The second-order valence-corrected chi connectivity index (χ2v) is 4.77. The first-order valence-corrected chi connectivity index (χ1v) is 6.94. The summed E-state index contributed by atoms with van der Waals surface area (Å²) in [5.41, 5.74) is 5.36. The number of carbonyl (C=O) groups is 1. The van der Waals surface area contributed by atoms with Gasteiger partial charge in [-0.1, -0.05) is 38.3 Å². The van der Waals surface area contributed by atoms with Gasteiger partial charge in [-0.05, 0) is 24.1 Å². The third-order valence-corrected chi connectivity index (χ3v) is 3.08. The molecule has 1 rings (SSSR count). The maximum atomic E-state index is 10.8. The van der Waals surface area contributed by atoms with Crippen LogP contribution in [0.3, 0.4) is 0 Å². The monoisotopic (exact) mass is 281 g/mol. The minimum Gasteiger partial charge on any atom is -0.494 e. The molecule has 0 bridgehead atoms. The van der Waals surface area contributed by atoms with Crippen molar-refractivity contribution in [2.24, 2.45) is 5.73 Å². The molecule has 5 nitrogen and oxygen atoms in total. The molecule has 0 aliphatic rings. The normalized spacial score (nSPS) is 13.8. The first-order chi connectivity index (χ1) is 9.56. The van der Waals surface area contributed by atoms with Gasteiger partial charge in [-0.15, -0.1) is 0 Å². The maximum absolute atomic E-state index is 10.8. The van der Waals surface area contributed by atoms with Crippen molar-refractivity contribution >= 4 is 5.91 Å². The Balaban J connectivity index is 2.45. The number of ether oxygens (including phenoxy) is 1. The number of amides is 1. The molecule has 0 saturated heterocycles. The highest BCUT2D eigenvalue weighted by atomic mass is 16.5. The van der Waals surface area contributed by atoms with Gasteiger partial charge in [0.2, 0.25) is 5.91 Å². The summed E-state index contributed by atoms with van der Waals surface area (Å²) >= 11 is 0. The van der Waals surface area contributed by atoms with E-state index in [4.69, 9.17) is 10.5 Å². The Morgan fingerprint density at radius 3 is 2.40 bits per heavy atom. The van der Waals surface area contributed by atoms with Crippen molar-refractivity contribution in [3.63, 3.8) is 0 Å². The number of carbonyl (C=O) groups excluding carboxylic acids is 1. The third-order valence-electron chi connectivity index (χ3n) is 3.08. The van der Waals surface area contributed by atoms with Crippen molar-refractivity contribution in [2.75, 3.05) is 6.61 Å². The molecular weight excluding hydrogens is 258 g/mol. The average Bonchev–Trinajstić information content (AvgIpc) is 2.46. The molecule has 20 heavy (non-hydrogen) atoms. The number of hydrogen-bond donors (Lipinski definition) is 3. The second kappa shape index (κ2) is 8.55. The molecule has 4 N–H and O–H groups in total. The number of aliphatic hydroxyl groups excluding tert-OH is 2. The lowest BCUT2D eigenvalue weighted by Crippen LogP contribution is -2.33. The lowest BCUT2D eigenvalue weighted by molar-refractivity contribution is -0.131. The van der Waals surface area contributed by atoms with Crippen LogP contribution in [0.25, 0.3) is 0 Å². The molecule has 2 atom stereocenters. The molecule has 0 saturated carbocycles. The summed E-state index contributed by atoms with van der Waals surface area (Å²) in [6, 6.07) is 6.62. The average molecular weight is 281 g/mol. The number of nitrogens with two attached hydrogens (primary N) is 1. The summed E-state index contributed by atoms with van der Waals surface area (Å²) in [6.45, 7) is 2.82. The van der Waals surface area contributed by atoms with E-state index in [1.165, 1.54) is 12.8 Å². The minimum atomic E-state index is -1.60. The zero-order valence-electron chi connectivity index (χ0n) is 11.8. The van der Waals surface area contributed by atoms with Crippen molar-refractivity contribution in [3.8, 4) is 5.75 Å². The Hall–Kier alpha value is -1.59. The molecule has 1 aromatic carbocycles. The molecule has 1 amide bonds. The van der Waals surface area contributed by atoms with Crippen LogP contribution in [0, 0.1) is 0 Å². The Bertz CT molecular complexity index is 405. The summed E-state index contributed by atoms with van der Waals surface area (Å²) in [6.07, 6.45) is 1.65. The zero-order valence-corrected chi connectivity index (χ0v) is 11.8. The molecule has 0 aliphatic heterocycles. The van der Waals surface area contributed by atoms with E-state index in [-0.39, 0.29) is 0 Å². The molecule has 0 spiro atoms. The highest BCUT2D eigenvalue weighted by Gasteiger charge is 2.23. The first kappa shape index (κ1) is 16.5. The molecule has 0 aromatic heterocycles. The van der Waals surface area contributed by atoms with Crippen LogP contribution >= 0.6 is 0 Å². The summed E-state index contributed by atoms with van der Waals surface area (Å²) in [4.78, 5) is 10.8. The van der Waals surface area contributed by atoms with Gasteiger partial charge >= 0.3 is 0 Å². The molecule has 0 aliphatic carbocycles. The number of rotatable bonds is 9. The smallest absolute Gasteiger partial charge is 0.249 e. The van der Waals surface area contributed by atoms with E-state index < -0.39 is 18.1 Å². The number of benzene rings is 1. The number of unbranched alkanes of at least 4 members (excludes halogenated alkanes) is 3. The van der Waals surface area contributed by atoms with Gasteiger partial charge in [-0.2, -0.15) is 0 Å². The molecule has 2 unspecified atom stereocenters. The van der Waals surface area contributed by atoms with Gasteiger partial charge in [0, 0.05) is 0 Å². The van der Waals surface area contributed by atoms with E-state index >= 15 is 0 Å². The molecule has 0 radical (unpaired) electrons. The van der Waals surface area contributed by atoms with Gasteiger partial charge in [0.15, 0.2) is 6.10 Å². The number of aliphatic hydroxyl groups is 2. The SMILES string of the molecule is CCCCCCOc1ccc(C(O)C(O)C(N)=O)cc1. The van der Waals surface area contributed by atoms with Gasteiger partial charge in [0.25, 0.3) is 0 Å². The van der Waals surface area contributed by atoms with E-state index in [0.29, 0.717) is 17.9 Å². The standard InChI is InChI=1S/C15H23NO4/c1-2-3-4-5-10-20-12-8-6-11(7-9-12)13(17)14(18)15(16)19/h6-9,13-14,17-18H,2-5,10H2,1H3,(H2,16,19). The Morgan fingerprint density at radius 1 is 1.20 bits per heavy atom. The summed E-state index contributed by atoms with van der Waals surface area (Å²) < 4.78 is 5.56. The summed E-state index contributed by atoms with van der Waals surface area (Å²) in [7, 11) is 0. The van der Waals surface area contributed by atoms with Crippen LogP contribution in [0.1, 0.15) is 44.3 Å². The molecule has 0 fully saturated rings. The Morgan fingerprint density at radius 2 is 1.85 bits per heavy atom. The van der Waals surface area contributed by atoms with E-state index in [2.05, 4.69) is 6.92 Å². The molecule has 5 heteroatoms. The van der Waals surface area contributed by atoms with Gasteiger partial charge < -0.3 is 20.7 Å². The van der Waals surface area contributed by atoms with Gasteiger partial charge in [-0.3, -0.25) is 4.79 Å². The first-order valence-electron chi connectivity index (χ1n) is 6.94. The van der Waals surface area contributed by atoms with E-state index in [1.54, 1.807) is 24.3 Å². The van der Waals surface area contributed by atoms with Crippen molar-refractivity contribution < 1.29 is 19.7 Å². The quantitative estimate of drug-likeness (QED) is 0.598. The van der Waals surface area contributed by atoms with Crippen LogP contribution < -0.4 is 10.5 Å². The topological polar surface area (TPSA) is 92.8 Å². The fourth-order valence-corrected chi connectivity index (χ4v) is 1.82. The highest BCUT2D eigenvalue weighted by Crippen LogP contribution is 2.20. The van der Waals surface area contributed by atoms with Crippen LogP contribution in [0.2, 0.25) is 0 Å². The lowest BCUT2D eigenvalue weighted by Gasteiger charge is -2.15. The van der Waals surface area contributed by atoms with Crippen LogP contribution in [-0.4, -0.2) is 28.8 Å². The van der Waals surface area contributed by atoms with Crippen molar-refractivity contribution in [1.29, 1.82) is 0 Å². The van der Waals surface area contributed by atoms with E-state index in [9.17, 15) is 15.0 Å². The van der Waals surface area contributed by atoms with Gasteiger partial charge in [0.1, 0.15) is 11.9 Å². The predicted molar refractivity (Wildman–Crippen MR) is 76.2 cm³/mol. The molecular formula is C15H23NO4. The van der Waals surface area contributed by atoms with Crippen molar-refractivity contribution in [2.45, 2.75) is 44.8 Å². The Labute approximate surface area is 119 Å². The molecule has 112 valence electrons. The van der Waals surface area contributed by atoms with Gasteiger partial charge in [0.05, 0.1) is 6.61 Å². The van der Waals surface area contributed by atoms with Crippen LogP contribution in [0.4, 0.5) is 0 Å². The zero-order chi connectivity index (χ0) is 15.0. The van der Waals surface area contributed by atoms with Crippen LogP contribution in [-0.2, 0) is 4.79 Å². The highest BCUT2D eigenvalue weighted by molar-refractivity contribution is 5.79. The van der Waals surface area contributed by atoms with Crippen molar-refractivity contribution in [3.05, 3.63) is 29.8 Å². The van der Waals surface area contributed by atoms with Crippen molar-refractivity contribution in [1.82, 2.24) is 0 Å². The van der Waals surface area contributed by atoms with Crippen LogP contribution in [0.5, 0.6) is 5.75 Å². The summed E-state index contributed by atoms with van der Waals surface area (Å²) in [5.74, 6) is -0.250. The van der Waals surface area contributed by atoms with Crippen LogP contribution in [0.15, 0.2) is 24.3 Å². The fraction of sp³-hybridized carbons (Fsp3) is 0.533. The lowest BCUT2D eigenvalue weighted by atomic mass is 10.0. The van der Waals surface area contributed by atoms with E-state index in [0.717, 1.165) is 12.8 Å². The number of hydrogen-bond acceptors (Lipinski definition) is 4. The Kier molecular flexibility index (Phi) is 7.04. The summed E-state index contributed by atoms with van der Waals surface area (Å²) in [5, 5.41) is 19.1. The number of primary amides is 1.